The van der Waals surface area contributed by atoms with Crippen molar-refractivity contribution < 1.29 is 0 Å². The number of anilines is 1. The number of hydrogen-bond acceptors (Lipinski definition) is 2. The van der Waals surface area contributed by atoms with Crippen LogP contribution in [0.2, 0.25) is 0 Å². The standard InChI is InChI=1S/C11H14Br2N2/c1-8-3-2-4-15(7-8)11-10(13)5-9(12)6-14-11/h5-6,8H,2-4,7H2,1H3. The molecule has 1 unspecified atom stereocenters. The normalized spacial score (nSPS) is 21.8. The van der Waals surface area contributed by atoms with Crippen molar-refractivity contribution >= 4 is 37.7 Å². The lowest BCUT2D eigenvalue weighted by atomic mass is 10.0. The molecule has 4 heteroatoms. The summed E-state index contributed by atoms with van der Waals surface area (Å²) in [4.78, 5) is 6.83. The van der Waals surface area contributed by atoms with Gasteiger partial charge in [-0.3, -0.25) is 0 Å². The van der Waals surface area contributed by atoms with E-state index in [1.807, 2.05) is 6.20 Å². The summed E-state index contributed by atoms with van der Waals surface area (Å²) in [7, 11) is 0. The van der Waals surface area contributed by atoms with Gasteiger partial charge in [0.2, 0.25) is 0 Å². The van der Waals surface area contributed by atoms with Gasteiger partial charge in [-0.2, -0.15) is 0 Å². The Morgan fingerprint density at radius 1 is 1.47 bits per heavy atom. The largest absolute Gasteiger partial charge is 0.355 e. The molecule has 2 heterocycles. The monoisotopic (exact) mass is 332 g/mol. The maximum atomic E-state index is 4.47. The summed E-state index contributed by atoms with van der Waals surface area (Å²) < 4.78 is 2.09. The van der Waals surface area contributed by atoms with E-state index in [-0.39, 0.29) is 0 Å². The first kappa shape index (κ1) is 11.4. The minimum atomic E-state index is 0.774. The van der Waals surface area contributed by atoms with E-state index in [0.29, 0.717) is 0 Å². The van der Waals surface area contributed by atoms with Gasteiger partial charge in [-0.1, -0.05) is 6.92 Å². The van der Waals surface area contributed by atoms with Crippen LogP contribution in [0, 0.1) is 5.92 Å². The van der Waals surface area contributed by atoms with Crippen molar-refractivity contribution in [3.05, 3.63) is 21.2 Å². The molecule has 1 aromatic heterocycles. The van der Waals surface area contributed by atoms with Gasteiger partial charge in [0.15, 0.2) is 0 Å². The second-order valence-corrected chi connectivity index (χ2v) is 5.92. The first-order valence-electron chi connectivity index (χ1n) is 5.23. The molecule has 2 nitrogen and oxygen atoms in total. The lowest BCUT2D eigenvalue weighted by molar-refractivity contribution is 0.444. The molecule has 0 spiro atoms. The summed E-state index contributed by atoms with van der Waals surface area (Å²) in [6, 6.07) is 2.06. The molecule has 0 bridgehead atoms. The van der Waals surface area contributed by atoms with Crippen LogP contribution in [0.1, 0.15) is 19.8 Å². The molecule has 1 atom stereocenters. The van der Waals surface area contributed by atoms with Crippen LogP contribution in [0.15, 0.2) is 21.2 Å². The Bertz CT molecular complexity index is 354. The highest BCUT2D eigenvalue weighted by Crippen LogP contribution is 2.29. The molecule has 1 aliphatic rings. The molecular weight excluding hydrogens is 320 g/mol. The molecule has 0 N–H and O–H groups in total. The summed E-state index contributed by atoms with van der Waals surface area (Å²) in [5, 5.41) is 0. The van der Waals surface area contributed by atoms with Crippen molar-refractivity contribution in [2.45, 2.75) is 19.8 Å². The summed E-state index contributed by atoms with van der Waals surface area (Å²) >= 11 is 6.99. The number of halogens is 2. The van der Waals surface area contributed by atoms with Crippen LogP contribution in [0.25, 0.3) is 0 Å². The Morgan fingerprint density at radius 2 is 2.27 bits per heavy atom. The van der Waals surface area contributed by atoms with E-state index in [1.54, 1.807) is 0 Å². The van der Waals surface area contributed by atoms with Crippen LogP contribution >= 0.6 is 31.9 Å². The van der Waals surface area contributed by atoms with E-state index in [2.05, 4.69) is 54.7 Å². The highest BCUT2D eigenvalue weighted by Gasteiger charge is 2.19. The maximum Gasteiger partial charge on any atom is 0.142 e. The predicted molar refractivity (Wildman–Crippen MR) is 70.2 cm³/mol. The lowest BCUT2D eigenvalue weighted by Crippen LogP contribution is -2.35. The summed E-state index contributed by atoms with van der Waals surface area (Å²) in [6.45, 7) is 4.55. The van der Waals surface area contributed by atoms with E-state index in [0.717, 1.165) is 33.8 Å². The van der Waals surface area contributed by atoms with Crippen LogP contribution in [-0.2, 0) is 0 Å². The Kier molecular flexibility index (Phi) is 3.67. The quantitative estimate of drug-likeness (QED) is 0.776. The van der Waals surface area contributed by atoms with Crippen molar-refractivity contribution in [2.24, 2.45) is 5.92 Å². The second-order valence-electron chi connectivity index (χ2n) is 4.15. The topological polar surface area (TPSA) is 16.1 Å². The molecule has 1 aromatic rings. The zero-order valence-electron chi connectivity index (χ0n) is 8.71. The molecule has 82 valence electrons. The van der Waals surface area contributed by atoms with Crippen LogP contribution in [0.4, 0.5) is 5.82 Å². The molecule has 0 aliphatic carbocycles. The zero-order valence-corrected chi connectivity index (χ0v) is 11.9. The first-order chi connectivity index (χ1) is 7.16. The molecule has 1 fully saturated rings. The minimum absolute atomic E-state index is 0.774. The van der Waals surface area contributed by atoms with Gasteiger partial charge in [-0.15, -0.1) is 0 Å². The van der Waals surface area contributed by atoms with Crippen molar-refractivity contribution in [3.63, 3.8) is 0 Å². The number of pyridine rings is 1. The maximum absolute atomic E-state index is 4.47. The van der Waals surface area contributed by atoms with Crippen LogP contribution in [0.5, 0.6) is 0 Å². The minimum Gasteiger partial charge on any atom is -0.355 e. The first-order valence-corrected chi connectivity index (χ1v) is 6.81. The fourth-order valence-electron chi connectivity index (χ4n) is 2.02. The third-order valence-corrected chi connectivity index (χ3v) is 3.76. The number of rotatable bonds is 1. The molecule has 0 aromatic carbocycles. The average Bonchev–Trinajstić information content (AvgIpc) is 2.17. The summed E-state index contributed by atoms with van der Waals surface area (Å²) in [6.07, 6.45) is 4.47. The summed E-state index contributed by atoms with van der Waals surface area (Å²) in [5.74, 6) is 1.85. The van der Waals surface area contributed by atoms with Gasteiger partial charge >= 0.3 is 0 Å². The zero-order chi connectivity index (χ0) is 10.8. The molecule has 15 heavy (non-hydrogen) atoms. The van der Waals surface area contributed by atoms with Crippen molar-refractivity contribution in [3.8, 4) is 0 Å². The summed E-state index contributed by atoms with van der Waals surface area (Å²) in [5.41, 5.74) is 0. The second kappa shape index (κ2) is 4.83. The number of piperidine rings is 1. The van der Waals surface area contributed by atoms with Crippen molar-refractivity contribution in [2.75, 3.05) is 18.0 Å². The lowest BCUT2D eigenvalue weighted by Gasteiger charge is -2.32. The van der Waals surface area contributed by atoms with Crippen LogP contribution < -0.4 is 4.90 Å². The Morgan fingerprint density at radius 3 is 2.93 bits per heavy atom. The van der Waals surface area contributed by atoms with Gasteiger partial charge < -0.3 is 4.90 Å². The van der Waals surface area contributed by atoms with Crippen LogP contribution in [0.3, 0.4) is 0 Å². The van der Waals surface area contributed by atoms with Gasteiger partial charge in [0.05, 0.1) is 4.47 Å². The molecule has 1 saturated heterocycles. The molecular formula is C11H14Br2N2. The SMILES string of the molecule is CC1CCCN(c2ncc(Br)cc2Br)C1. The fourth-order valence-corrected chi connectivity index (χ4v) is 3.26. The van der Waals surface area contributed by atoms with Gasteiger partial charge in [-0.05, 0) is 56.7 Å². The fraction of sp³-hybridized carbons (Fsp3) is 0.545. The van der Waals surface area contributed by atoms with Crippen molar-refractivity contribution in [1.29, 1.82) is 0 Å². The molecule has 0 amide bonds. The predicted octanol–water partition coefficient (Wildman–Crippen LogP) is 3.84. The Labute approximate surface area is 107 Å². The molecule has 0 saturated carbocycles. The van der Waals surface area contributed by atoms with E-state index in [9.17, 15) is 0 Å². The van der Waals surface area contributed by atoms with Gasteiger partial charge in [0, 0.05) is 23.8 Å². The molecule has 1 aliphatic heterocycles. The Hall–Kier alpha value is -0.0900. The van der Waals surface area contributed by atoms with E-state index in [4.69, 9.17) is 0 Å². The molecule has 0 radical (unpaired) electrons. The number of nitrogens with zero attached hydrogens (tertiary/aromatic N) is 2. The highest BCUT2D eigenvalue weighted by atomic mass is 79.9. The number of hydrogen-bond donors (Lipinski definition) is 0. The van der Waals surface area contributed by atoms with Gasteiger partial charge in [0.1, 0.15) is 5.82 Å². The molecule has 2 rings (SSSR count). The van der Waals surface area contributed by atoms with E-state index in [1.165, 1.54) is 12.8 Å². The highest BCUT2D eigenvalue weighted by molar-refractivity contribution is 9.11. The number of aromatic nitrogens is 1. The Balaban J connectivity index is 2.21. The van der Waals surface area contributed by atoms with E-state index < -0.39 is 0 Å². The third-order valence-electron chi connectivity index (χ3n) is 2.74. The smallest absolute Gasteiger partial charge is 0.142 e. The van der Waals surface area contributed by atoms with E-state index >= 15 is 0 Å². The average molecular weight is 334 g/mol. The van der Waals surface area contributed by atoms with Gasteiger partial charge in [-0.25, -0.2) is 4.98 Å². The van der Waals surface area contributed by atoms with Gasteiger partial charge in [0.25, 0.3) is 0 Å². The van der Waals surface area contributed by atoms with Crippen molar-refractivity contribution in [1.82, 2.24) is 4.98 Å². The third kappa shape index (κ3) is 2.72. The van der Waals surface area contributed by atoms with Crippen LogP contribution in [-0.4, -0.2) is 18.1 Å².